The third-order valence-corrected chi connectivity index (χ3v) is 8.83. The number of rotatable bonds is 12. The van der Waals surface area contributed by atoms with Gasteiger partial charge in [-0.1, -0.05) is 97.1 Å². The molecule has 0 bridgehead atoms. The number of hydrogen-bond donors (Lipinski definition) is 1. The number of piperidine rings is 1. The van der Waals surface area contributed by atoms with Crippen LogP contribution in [0.5, 0.6) is 17.5 Å². The second kappa shape index (κ2) is 14.9. The highest BCUT2D eigenvalue weighted by Crippen LogP contribution is 2.44. The summed E-state index contributed by atoms with van der Waals surface area (Å²) in [4.78, 5) is 24.1. The maximum Gasteiger partial charge on any atom is 0.316 e. The van der Waals surface area contributed by atoms with Crippen LogP contribution in [0.25, 0.3) is 11.1 Å². The van der Waals surface area contributed by atoms with Gasteiger partial charge < -0.3 is 19.5 Å². The van der Waals surface area contributed by atoms with Gasteiger partial charge in [0, 0.05) is 31.0 Å². The molecule has 1 atom stereocenters. The van der Waals surface area contributed by atoms with Gasteiger partial charge in [0.15, 0.2) is 18.1 Å². The summed E-state index contributed by atoms with van der Waals surface area (Å²) in [6, 6.07) is 38.0. The number of benzene rings is 4. The van der Waals surface area contributed by atoms with Gasteiger partial charge in [-0.3, -0.25) is 9.69 Å². The van der Waals surface area contributed by atoms with Crippen LogP contribution in [0.3, 0.4) is 0 Å². The molecule has 1 fully saturated rings. The molecule has 2 heterocycles. The van der Waals surface area contributed by atoms with Crippen LogP contribution in [0.15, 0.2) is 122 Å². The van der Waals surface area contributed by atoms with Crippen LogP contribution >= 0.6 is 0 Å². The van der Waals surface area contributed by atoms with Crippen molar-refractivity contribution in [2.24, 2.45) is 5.92 Å². The van der Waals surface area contributed by atoms with Crippen molar-refractivity contribution in [1.29, 1.82) is 0 Å². The lowest BCUT2D eigenvalue weighted by Gasteiger charge is -2.49. The molecule has 1 N–H and O–H groups in total. The van der Waals surface area contributed by atoms with Crippen LogP contribution in [-0.2, 0) is 10.3 Å². The summed E-state index contributed by atoms with van der Waals surface area (Å²) in [5.74, 6) is 1.34. The Morgan fingerprint density at radius 3 is 1.91 bits per heavy atom. The molecular weight excluding hydrogens is 588 g/mol. The first-order valence-corrected chi connectivity index (χ1v) is 16.0. The molecule has 5 aromatic rings. The fourth-order valence-electron chi connectivity index (χ4n) is 6.62. The Kier molecular flexibility index (Phi) is 10.1. The molecule has 8 heteroatoms. The number of nitrogens with zero attached hydrogens (tertiary/aromatic N) is 3. The Morgan fingerprint density at radius 1 is 0.787 bits per heavy atom. The van der Waals surface area contributed by atoms with Crippen molar-refractivity contribution in [1.82, 2.24) is 20.2 Å². The SMILES string of the molecule is COc1ccc(-c2cnc(OCC(=O)NCC3CCCN(C(c4ccccc4)(c4ccccc4)c4ccccc4)C3)nc2)cc1OC. The highest BCUT2D eigenvalue weighted by molar-refractivity contribution is 5.77. The van der Waals surface area contributed by atoms with E-state index in [-0.39, 0.29) is 24.4 Å². The number of methoxy groups -OCH3 is 2. The van der Waals surface area contributed by atoms with Gasteiger partial charge in [0.25, 0.3) is 5.91 Å². The third kappa shape index (κ3) is 6.98. The second-order valence-corrected chi connectivity index (χ2v) is 11.7. The lowest BCUT2D eigenvalue weighted by molar-refractivity contribution is -0.123. The molecule has 0 radical (unpaired) electrons. The van der Waals surface area contributed by atoms with Crippen molar-refractivity contribution < 1.29 is 19.0 Å². The van der Waals surface area contributed by atoms with Crippen LogP contribution in [0.2, 0.25) is 0 Å². The van der Waals surface area contributed by atoms with Crippen LogP contribution < -0.4 is 19.5 Å². The molecular formula is C39H40N4O4. The number of ether oxygens (including phenoxy) is 3. The van der Waals surface area contributed by atoms with Gasteiger partial charge in [0.1, 0.15) is 0 Å². The Balaban J connectivity index is 1.11. The number of hydrogen-bond acceptors (Lipinski definition) is 7. The minimum Gasteiger partial charge on any atom is -0.493 e. The number of carbonyl (C=O) groups excluding carboxylic acids is 1. The fourth-order valence-corrected chi connectivity index (χ4v) is 6.62. The first-order valence-electron chi connectivity index (χ1n) is 16.0. The Labute approximate surface area is 276 Å². The Hall–Kier alpha value is -5.21. The zero-order valence-electron chi connectivity index (χ0n) is 26.8. The van der Waals surface area contributed by atoms with Gasteiger partial charge in [-0.2, -0.15) is 0 Å². The van der Waals surface area contributed by atoms with Crippen molar-refractivity contribution in [3.8, 4) is 28.6 Å². The predicted octanol–water partition coefficient (Wildman–Crippen LogP) is 6.36. The van der Waals surface area contributed by atoms with Gasteiger partial charge >= 0.3 is 6.01 Å². The summed E-state index contributed by atoms with van der Waals surface area (Å²) < 4.78 is 16.4. The number of carbonyl (C=O) groups is 1. The van der Waals surface area contributed by atoms with Gasteiger partial charge in [-0.05, 0) is 59.7 Å². The molecule has 1 aromatic heterocycles. The number of aromatic nitrogens is 2. The van der Waals surface area contributed by atoms with Gasteiger partial charge in [0.2, 0.25) is 0 Å². The van der Waals surface area contributed by atoms with Crippen LogP contribution in [0.4, 0.5) is 0 Å². The standard InChI is InChI=1S/C39H40N4O4/c1-45-35-21-20-30(23-36(35)46-2)31-25-41-38(42-26-31)47-28-37(44)40-24-29-13-12-22-43(27-29)39(32-14-6-3-7-15-32,33-16-8-4-9-17-33)34-18-10-5-11-19-34/h3-11,14-21,23,25-26,29H,12-13,22,24,27-28H2,1-2H3,(H,40,44). The summed E-state index contributed by atoms with van der Waals surface area (Å²) in [5.41, 5.74) is 4.90. The first kappa shape index (κ1) is 31.8. The molecule has 47 heavy (non-hydrogen) atoms. The average Bonchev–Trinajstić information content (AvgIpc) is 3.15. The zero-order valence-corrected chi connectivity index (χ0v) is 26.8. The molecule has 6 rings (SSSR count). The van der Waals surface area contributed by atoms with E-state index in [9.17, 15) is 4.79 Å². The monoisotopic (exact) mass is 628 g/mol. The predicted molar refractivity (Wildman–Crippen MR) is 183 cm³/mol. The zero-order chi connectivity index (χ0) is 32.5. The van der Waals surface area contributed by atoms with E-state index >= 15 is 0 Å². The molecule has 8 nitrogen and oxygen atoms in total. The highest BCUT2D eigenvalue weighted by atomic mass is 16.5. The topological polar surface area (TPSA) is 85.8 Å². The molecule has 0 spiro atoms. The Bertz CT molecular complexity index is 1640. The molecule has 1 saturated heterocycles. The van der Waals surface area contributed by atoms with E-state index in [0.717, 1.165) is 37.1 Å². The van der Waals surface area contributed by atoms with E-state index in [2.05, 4.69) is 111 Å². The minimum absolute atomic E-state index is 0.145. The molecule has 1 aliphatic rings. The molecule has 240 valence electrons. The van der Waals surface area contributed by atoms with Crippen LogP contribution in [-0.4, -0.2) is 61.2 Å². The summed E-state index contributed by atoms with van der Waals surface area (Å²) in [5, 5.41) is 3.10. The van der Waals surface area contributed by atoms with E-state index in [1.54, 1.807) is 26.6 Å². The lowest BCUT2D eigenvalue weighted by atomic mass is 9.74. The van der Waals surface area contributed by atoms with Crippen LogP contribution in [0, 0.1) is 5.92 Å². The fraction of sp³-hybridized carbons (Fsp3) is 0.256. The van der Waals surface area contributed by atoms with Crippen molar-refractivity contribution in [3.63, 3.8) is 0 Å². The summed E-state index contributed by atoms with van der Waals surface area (Å²) in [7, 11) is 3.19. The molecule has 1 amide bonds. The normalized spacial score (nSPS) is 15.1. The van der Waals surface area contributed by atoms with Crippen molar-refractivity contribution >= 4 is 5.91 Å². The van der Waals surface area contributed by atoms with E-state index in [1.807, 2.05) is 18.2 Å². The quantitative estimate of drug-likeness (QED) is 0.161. The number of likely N-dealkylation sites (tertiary alicyclic amines) is 1. The second-order valence-electron chi connectivity index (χ2n) is 11.7. The van der Waals surface area contributed by atoms with Gasteiger partial charge in [-0.15, -0.1) is 0 Å². The third-order valence-electron chi connectivity index (χ3n) is 8.83. The number of amides is 1. The first-order chi connectivity index (χ1) is 23.1. The lowest BCUT2D eigenvalue weighted by Crippen LogP contribution is -2.53. The molecule has 4 aromatic carbocycles. The van der Waals surface area contributed by atoms with Gasteiger partial charge in [-0.25, -0.2) is 9.97 Å². The smallest absolute Gasteiger partial charge is 0.316 e. The average molecular weight is 629 g/mol. The van der Waals surface area contributed by atoms with E-state index in [1.165, 1.54) is 16.7 Å². The molecule has 1 unspecified atom stereocenters. The highest BCUT2D eigenvalue weighted by Gasteiger charge is 2.43. The Morgan fingerprint density at radius 2 is 1.36 bits per heavy atom. The summed E-state index contributed by atoms with van der Waals surface area (Å²) in [6.07, 6.45) is 5.39. The number of nitrogens with one attached hydrogen (secondary N) is 1. The molecule has 0 saturated carbocycles. The maximum atomic E-state index is 12.9. The minimum atomic E-state index is -0.462. The largest absolute Gasteiger partial charge is 0.493 e. The molecule has 0 aliphatic carbocycles. The van der Waals surface area contributed by atoms with E-state index < -0.39 is 5.54 Å². The molecule has 1 aliphatic heterocycles. The van der Waals surface area contributed by atoms with E-state index in [0.29, 0.717) is 18.0 Å². The van der Waals surface area contributed by atoms with Crippen LogP contribution in [0.1, 0.15) is 29.5 Å². The van der Waals surface area contributed by atoms with Crippen molar-refractivity contribution in [2.45, 2.75) is 18.4 Å². The van der Waals surface area contributed by atoms with Gasteiger partial charge in [0.05, 0.1) is 19.8 Å². The van der Waals surface area contributed by atoms with E-state index in [4.69, 9.17) is 14.2 Å². The van der Waals surface area contributed by atoms with Crippen molar-refractivity contribution in [3.05, 3.63) is 138 Å². The summed E-state index contributed by atoms with van der Waals surface area (Å²) >= 11 is 0. The van der Waals surface area contributed by atoms with Crippen molar-refractivity contribution in [2.75, 3.05) is 40.5 Å². The maximum absolute atomic E-state index is 12.9. The summed E-state index contributed by atoms with van der Waals surface area (Å²) in [6.45, 7) is 2.18.